The Bertz CT molecular complexity index is 474. The number of carbonyl (C=O) groups excluding carboxylic acids is 1. The number of nitro benzene ring substituents is 1. The molecule has 116 valence electrons. The van der Waals surface area contributed by atoms with E-state index in [4.69, 9.17) is 0 Å². The maximum absolute atomic E-state index is 11.5. The van der Waals surface area contributed by atoms with E-state index >= 15 is 0 Å². The van der Waals surface area contributed by atoms with E-state index in [9.17, 15) is 20.0 Å². The third kappa shape index (κ3) is 6.33. The van der Waals surface area contributed by atoms with Crippen molar-refractivity contribution in [1.82, 2.24) is 10.6 Å². The summed E-state index contributed by atoms with van der Waals surface area (Å²) in [5.74, 6) is 0.263. The molecule has 0 heterocycles. The number of nitro groups is 1. The minimum atomic E-state index is -0.816. The number of hydrogen-bond acceptors (Lipinski definition) is 5. The summed E-state index contributed by atoms with van der Waals surface area (Å²) in [4.78, 5) is 21.5. The molecular formula is C14H21N3O4. The van der Waals surface area contributed by atoms with Gasteiger partial charge in [-0.3, -0.25) is 14.9 Å². The Morgan fingerprint density at radius 3 is 2.43 bits per heavy atom. The van der Waals surface area contributed by atoms with Crippen LogP contribution in [0.2, 0.25) is 0 Å². The smallest absolute Gasteiger partial charge is 0.269 e. The predicted octanol–water partition coefficient (Wildman–Crippen LogP) is 0.990. The predicted molar refractivity (Wildman–Crippen MR) is 78.8 cm³/mol. The Morgan fingerprint density at radius 2 is 1.90 bits per heavy atom. The van der Waals surface area contributed by atoms with Gasteiger partial charge >= 0.3 is 0 Å². The van der Waals surface area contributed by atoms with Crippen LogP contribution in [0.5, 0.6) is 0 Å². The first-order valence-corrected chi connectivity index (χ1v) is 6.80. The van der Waals surface area contributed by atoms with Crippen LogP contribution in [-0.4, -0.2) is 35.6 Å². The average molecular weight is 295 g/mol. The Morgan fingerprint density at radius 1 is 1.29 bits per heavy atom. The molecule has 0 saturated heterocycles. The molecule has 3 N–H and O–H groups in total. The topological polar surface area (TPSA) is 104 Å². The first kappa shape index (κ1) is 17.1. The number of aliphatic hydroxyl groups is 1. The van der Waals surface area contributed by atoms with Crippen LogP contribution in [0.25, 0.3) is 0 Å². The molecule has 1 rings (SSSR count). The normalized spacial score (nSPS) is 12.2. The van der Waals surface area contributed by atoms with Crippen molar-refractivity contribution in [2.24, 2.45) is 5.92 Å². The molecule has 0 aliphatic carbocycles. The van der Waals surface area contributed by atoms with E-state index in [-0.39, 0.29) is 24.7 Å². The lowest BCUT2D eigenvalue weighted by Gasteiger charge is -2.12. The highest BCUT2D eigenvalue weighted by Crippen LogP contribution is 2.17. The fourth-order valence-electron chi connectivity index (χ4n) is 1.64. The maximum atomic E-state index is 11.5. The lowest BCUT2D eigenvalue weighted by Crippen LogP contribution is -2.37. The van der Waals surface area contributed by atoms with Crippen LogP contribution in [0.4, 0.5) is 5.69 Å². The molecule has 1 unspecified atom stereocenters. The van der Waals surface area contributed by atoms with Gasteiger partial charge in [-0.05, 0) is 23.6 Å². The standard InChI is InChI=1S/C14H21N3O4/c1-10(2)7-16-14(19)9-15-8-13(18)11-3-5-12(6-4-11)17(20)21/h3-6,10,13,15,18H,7-9H2,1-2H3,(H,16,19). The summed E-state index contributed by atoms with van der Waals surface area (Å²) >= 11 is 0. The zero-order chi connectivity index (χ0) is 15.8. The first-order chi connectivity index (χ1) is 9.90. The number of amides is 1. The van der Waals surface area contributed by atoms with Gasteiger partial charge in [0.15, 0.2) is 0 Å². The van der Waals surface area contributed by atoms with Crippen LogP contribution in [0, 0.1) is 16.0 Å². The second-order valence-corrected chi connectivity index (χ2v) is 5.19. The Labute approximate surface area is 123 Å². The summed E-state index contributed by atoms with van der Waals surface area (Å²) in [5, 5.41) is 26.0. The fourth-order valence-corrected chi connectivity index (χ4v) is 1.64. The largest absolute Gasteiger partial charge is 0.387 e. The molecular weight excluding hydrogens is 274 g/mol. The van der Waals surface area contributed by atoms with Gasteiger partial charge in [-0.1, -0.05) is 13.8 Å². The van der Waals surface area contributed by atoms with Crippen molar-refractivity contribution in [2.75, 3.05) is 19.6 Å². The monoisotopic (exact) mass is 295 g/mol. The number of nitrogens with one attached hydrogen (secondary N) is 2. The van der Waals surface area contributed by atoms with Crippen molar-refractivity contribution >= 4 is 11.6 Å². The zero-order valence-corrected chi connectivity index (χ0v) is 12.2. The Balaban J connectivity index is 2.35. The van der Waals surface area contributed by atoms with E-state index in [1.165, 1.54) is 24.3 Å². The third-order valence-corrected chi connectivity index (χ3v) is 2.82. The van der Waals surface area contributed by atoms with Crippen molar-refractivity contribution in [3.05, 3.63) is 39.9 Å². The SMILES string of the molecule is CC(C)CNC(=O)CNCC(O)c1ccc([N+](=O)[O-])cc1. The summed E-state index contributed by atoms with van der Waals surface area (Å²) in [7, 11) is 0. The van der Waals surface area contributed by atoms with Gasteiger partial charge < -0.3 is 15.7 Å². The van der Waals surface area contributed by atoms with Crippen molar-refractivity contribution in [1.29, 1.82) is 0 Å². The van der Waals surface area contributed by atoms with Crippen LogP contribution in [0.15, 0.2) is 24.3 Å². The maximum Gasteiger partial charge on any atom is 0.269 e. The van der Waals surface area contributed by atoms with Crippen LogP contribution in [0.3, 0.4) is 0 Å². The summed E-state index contributed by atoms with van der Waals surface area (Å²) < 4.78 is 0. The van der Waals surface area contributed by atoms with Gasteiger partial charge in [-0.25, -0.2) is 0 Å². The van der Waals surface area contributed by atoms with Crippen LogP contribution in [0.1, 0.15) is 25.5 Å². The third-order valence-electron chi connectivity index (χ3n) is 2.82. The molecule has 0 spiro atoms. The zero-order valence-electron chi connectivity index (χ0n) is 12.2. The second-order valence-electron chi connectivity index (χ2n) is 5.19. The van der Waals surface area contributed by atoms with Crippen molar-refractivity contribution < 1.29 is 14.8 Å². The molecule has 7 nitrogen and oxygen atoms in total. The highest BCUT2D eigenvalue weighted by atomic mass is 16.6. The highest BCUT2D eigenvalue weighted by molar-refractivity contribution is 5.77. The quantitative estimate of drug-likeness (QED) is 0.490. The van der Waals surface area contributed by atoms with Gasteiger partial charge in [-0.15, -0.1) is 0 Å². The lowest BCUT2D eigenvalue weighted by atomic mass is 10.1. The molecule has 1 aromatic rings. The first-order valence-electron chi connectivity index (χ1n) is 6.80. The number of aliphatic hydroxyl groups excluding tert-OH is 1. The number of benzene rings is 1. The lowest BCUT2D eigenvalue weighted by molar-refractivity contribution is -0.384. The van der Waals surface area contributed by atoms with E-state index in [2.05, 4.69) is 10.6 Å². The van der Waals surface area contributed by atoms with E-state index in [1.807, 2.05) is 13.8 Å². The molecule has 0 aromatic heterocycles. The molecule has 21 heavy (non-hydrogen) atoms. The van der Waals surface area contributed by atoms with Gasteiger partial charge in [0.25, 0.3) is 5.69 Å². The van der Waals surface area contributed by atoms with Gasteiger partial charge in [0, 0.05) is 25.2 Å². The van der Waals surface area contributed by atoms with E-state index in [0.717, 1.165) is 0 Å². The molecule has 0 fully saturated rings. The molecule has 0 radical (unpaired) electrons. The molecule has 1 amide bonds. The fraction of sp³-hybridized carbons (Fsp3) is 0.500. The van der Waals surface area contributed by atoms with Crippen LogP contribution < -0.4 is 10.6 Å². The molecule has 0 aliphatic rings. The number of non-ortho nitro benzene ring substituents is 1. The Hall–Kier alpha value is -1.99. The minimum Gasteiger partial charge on any atom is -0.387 e. The van der Waals surface area contributed by atoms with Crippen molar-refractivity contribution in [2.45, 2.75) is 20.0 Å². The summed E-state index contributed by atoms with van der Waals surface area (Å²) in [6, 6.07) is 5.69. The molecule has 7 heteroatoms. The molecule has 0 bridgehead atoms. The summed E-state index contributed by atoms with van der Waals surface area (Å²) in [6.45, 7) is 4.95. The molecule has 0 saturated carbocycles. The summed E-state index contributed by atoms with van der Waals surface area (Å²) in [6.07, 6.45) is -0.816. The number of carbonyl (C=O) groups is 1. The second kappa shape index (κ2) is 8.33. The van der Waals surface area contributed by atoms with Gasteiger partial charge in [-0.2, -0.15) is 0 Å². The molecule has 0 aliphatic heterocycles. The number of rotatable bonds is 8. The Kier molecular flexibility index (Phi) is 6.77. The van der Waals surface area contributed by atoms with E-state index in [1.54, 1.807) is 0 Å². The number of hydrogen-bond donors (Lipinski definition) is 3. The van der Waals surface area contributed by atoms with Gasteiger partial charge in [0.05, 0.1) is 17.6 Å². The van der Waals surface area contributed by atoms with E-state index < -0.39 is 11.0 Å². The molecule has 1 aromatic carbocycles. The van der Waals surface area contributed by atoms with Crippen LogP contribution in [-0.2, 0) is 4.79 Å². The minimum absolute atomic E-state index is 0.0213. The van der Waals surface area contributed by atoms with Gasteiger partial charge in [0.1, 0.15) is 0 Å². The van der Waals surface area contributed by atoms with Crippen molar-refractivity contribution in [3.8, 4) is 0 Å². The highest BCUT2D eigenvalue weighted by Gasteiger charge is 2.11. The summed E-state index contributed by atoms with van der Waals surface area (Å²) in [5.41, 5.74) is 0.544. The average Bonchev–Trinajstić information content (AvgIpc) is 2.45. The van der Waals surface area contributed by atoms with Crippen molar-refractivity contribution in [3.63, 3.8) is 0 Å². The number of nitrogens with zero attached hydrogens (tertiary/aromatic N) is 1. The van der Waals surface area contributed by atoms with E-state index in [0.29, 0.717) is 18.0 Å². The van der Waals surface area contributed by atoms with Crippen LogP contribution >= 0.6 is 0 Å². The van der Waals surface area contributed by atoms with Gasteiger partial charge in [0.2, 0.25) is 5.91 Å². The molecule has 1 atom stereocenters.